The highest BCUT2D eigenvalue weighted by Gasteiger charge is 2.31. The molecule has 2 aromatic heterocycles. The van der Waals surface area contributed by atoms with Crippen LogP contribution < -0.4 is 0 Å². The van der Waals surface area contributed by atoms with Gasteiger partial charge in [-0.25, -0.2) is 4.98 Å². The number of pyridine rings is 1. The summed E-state index contributed by atoms with van der Waals surface area (Å²) in [5.41, 5.74) is -3.26. The lowest BCUT2D eigenvalue weighted by molar-refractivity contribution is 0.446. The number of nitrogens with zero attached hydrogens (tertiary/aromatic N) is 3. The van der Waals surface area contributed by atoms with Crippen molar-refractivity contribution in [3.05, 3.63) is 167 Å². The van der Waals surface area contributed by atoms with Crippen molar-refractivity contribution in [1.82, 2.24) is 14.5 Å². The highest BCUT2D eigenvalue weighted by atomic mass is 16.3. The van der Waals surface area contributed by atoms with Crippen molar-refractivity contribution >= 4 is 11.0 Å². The van der Waals surface area contributed by atoms with Gasteiger partial charge < -0.3 is 5.11 Å². The van der Waals surface area contributed by atoms with Gasteiger partial charge in [-0.3, -0.25) is 9.55 Å². The zero-order valence-electron chi connectivity index (χ0n) is 57.1. The molecule has 0 saturated heterocycles. The minimum Gasteiger partial charge on any atom is -0.507 e. The number of fused-ring (bicyclic) bond motifs is 1. The van der Waals surface area contributed by atoms with Gasteiger partial charge in [-0.05, 0) is 126 Å². The number of phenols is 1. The van der Waals surface area contributed by atoms with E-state index in [-0.39, 0.29) is 16.8 Å². The molecule has 0 aliphatic rings. The lowest BCUT2D eigenvalue weighted by Gasteiger charge is -2.28. The number of aromatic nitrogens is 3. The molecule has 0 amide bonds. The van der Waals surface area contributed by atoms with E-state index in [1.165, 1.54) is 5.56 Å². The molecule has 0 fully saturated rings. The van der Waals surface area contributed by atoms with Crippen molar-refractivity contribution in [2.45, 2.75) is 130 Å². The Bertz CT molecular complexity index is 3690. The van der Waals surface area contributed by atoms with Gasteiger partial charge in [0.1, 0.15) is 11.6 Å². The first-order valence-electron chi connectivity index (χ1n) is 31.1. The van der Waals surface area contributed by atoms with Crippen molar-refractivity contribution < 1.29 is 29.8 Å². The Morgan fingerprint density at radius 1 is 0.455 bits per heavy atom. The summed E-state index contributed by atoms with van der Waals surface area (Å²) in [7, 11) is 0. The Balaban J connectivity index is 1.58. The van der Waals surface area contributed by atoms with Crippen LogP contribution in [-0.2, 0) is 27.1 Å². The summed E-state index contributed by atoms with van der Waals surface area (Å²) < 4.78 is 160. The number of benzene rings is 6. The third-order valence-corrected chi connectivity index (χ3v) is 12.3. The van der Waals surface area contributed by atoms with Crippen LogP contribution in [-0.4, -0.2) is 19.6 Å². The second-order valence-corrected chi connectivity index (χ2v) is 20.5. The third kappa shape index (κ3) is 9.12. The molecule has 0 bridgehead atoms. The van der Waals surface area contributed by atoms with E-state index in [4.69, 9.17) is 34.6 Å². The second kappa shape index (κ2) is 16.6. The highest BCUT2D eigenvalue weighted by molar-refractivity contribution is 5.97. The van der Waals surface area contributed by atoms with Gasteiger partial charge in [-0.15, -0.1) is 0 Å². The molecule has 0 saturated carbocycles. The summed E-state index contributed by atoms with van der Waals surface area (Å²) in [4.78, 5) is 10.1. The van der Waals surface area contributed by atoms with Crippen molar-refractivity contribution in [1.29, 1.82) is 0 Å². The van der Waals surface area contributed by atoms with Gasteiger partial charge in [0.2, 0.25) is 0 Å². The first kappa shape index (κ1) is 28.7. The number of hydrogen-bond donors (Lipinski definition) is 1. The van der Waals surface area contributed by atoms with Crippen LogP contribution in [0.1, 0.15) is 156 Å². The van der Waals surface area contributed by atoms with E-state index in [0.717, 1.165) is 39.4 Å². The predicted molar refractivity (Wildman–Crippen MR) is 281 cm³/mol. The van der Waals surface area contributed by atoms with Crippen molar-refractivity contribution in [3.8, 4) is 67.5 Å². The van der Waals surface area contributed by atoms with Crippen LogP contribution in [0, 0.1) is 0 Å². The monoisotopic (exact) mass is 890 g/mol. The van der Waals surface area contributed by atoms with Gasteiger partial charge in [0, 0.05) is 47.6 Å². The summed E-state index contributed by atoms with van der Waals surface area (Å²) in [5.74, 6) is -1.73. The highest BCUT2D eigenvalue weighted by Crippen LogP contribution is 2.46. The molecule has 8 aromatic rings. The van der Waals surface area contributed by atoms with Crippen LogP contribution in [0.4, 0.5) is 0 Å². The first-order valence-corrected chi connectivity index (χ1v) is 22.1. The average molecular weight is 890 g/mol. The van der Waals surface area contributed by atoms with Crippen LogP contribution in [0.5, 0.6) is 5.75 Å². The molecule has 2 heterocycles. The first-order chi connectivity index (χ1) is 38.3. The van der Waals surface area contributed by atoms with E-state index in [9.17, 15) is 5.11 Å². The lowest BCUT2D eigenvalue weighted by atomic mass is 9.78. The van der Waals surface area contributed by atoms with Crippen LogP contribution >= 0.6 is 0 Å². The topological polar surface area (TPSA) is 50.9 Å². The smallest absolute Gasteiger partial charge is 0.149 e. The maximum Gasteiger partial charge on any atom is 0.149 e. The van der Waals surface area contributed by atoms with E-state index in [1.807, 2.05) is 87.5 Å². The van der Waals surface area contributed by atoms with E-state index in [2.05, 4.69) is 71.9 Å². The van der Waals surface area contributed by atoms with Crippen molar-refractivity contribution in [3.63, 3.8) is 0 Å². The summed E-state index contributed by atoms with van der Waals surface area (Å²) in [6.45, 7) is -6.05. The molecule has 0 aliphatic heterocycles. The van der Waals surface area contributed by atoms with Gasteiger partial charge in [0.15, 0.2) is 0 Å². The number of para-hydroxylation sites is 1. The second-order valence-electron chi connectivity index (χ2n) is 20.5. The predicted octanol–water partition coefficient (Wildman–Crippen LogP) is 16.9. The molecular weight excluding hydrogens is 803 g/mol. The van der Waals surface area contributed by atoms with E-state index in [0.29, 0.717) is 39.7 Å². The van der Waals surface area contributed by atoms with Gasteiger partial charge in [-0.2, -0.15) is 0 Å². The fourth-order valence-electron chi connectivity index (χ4n) is 8.50. The Labute approximate surface area is 420 Å². The minimum absolute atomic E-state index is 0.0592. The Hall–Kier alpha value is -6.26. The molecule has 338 valence electrons. The summed E-state index contributed by atoms with van der Waals surface area (Å²) in [5, 5.41) is 13.1. The van der Waals surface area contributed by atoms with Gasteiger partial charge in [0.05, 0.1) is 28.0 Å². The molecule has 4 heteroatoms. The van der Waals surface area contributed by atoms with Crippen LogP contribution in [0.3, 0.4) is 0 Å². The Kier molecular flexibility index (Phi) is 7.20. The minimum atomic E-state index is -4.13. The molecule has 66 heavy (non-hydrogen) atoms. The van der Waals surface area contributed by atoms with Gasteiger partial charge >= 0.3 is 0 Å². The van der Waals surface area contributed by atoms with E-state index < -0.39 is 85.2 Å². The number of rotatable bonds is 6. The molecule has 0 radical (unpaired) electrons. The van der Waals surface area contributed by atoms with E-state index in [1.54, 1.807) is 35.0 Å². The number of aromatic hydroxyl groups is 1. The molecule has 8 rings (SSSR count). The lowest BCUT2D eigenvalue weighted by Crippen LogP contribution is -2.18. The third-order valence-electron chi connectivity index (χ3n) is 12.3. The maximum absolute atomic E-state index is 13.1. The zero-order chi connectivity index (χ0) is 62.7. The summed E-state index contributed by atoms with van der Waals surface area (Å²) in [6.07, 6.45) is 1.74. The fourth-order valence-corrected chi connectivity index (χ4v) is 8.50. The fraction of sp³-hybridized carbons (Fsp3) is 0.323. The molecule has 0 unspecified atom stereocenters. The Morgan fingerprint density at radius 3 is 1.73 bits per heavy atom. The molecular formula is C62H69N3O. The maximum atomic E-state index is 13.1. The van der Waals surface area contributed by atoms with Gasteiger partial charge in [0.25, 0.3) is 0 Å². The SMILES string of the molecule is [2H]C([2H])([2H])C(c1cc(-c2nc3c(-c4cc(-c5cc(-c6ccc(C(C)(C)C)cc6)ccn5)cc(C(C)(C)C)c4)cccc3n2-c2ccc(-c3ccccc3)cc2C(C)(C)C)c(O)c(C(C([2H])([2H])[2H])(C([2H])([2H])[2H])C([2H])([2H])[2H])c1)(C([2H])([2H])[2H])C([2H])([2H])[2H]. The zero-order valence-corrected chi connectivity index (χ0v) is 39.1. The number of imidazole rings is 1. The van der Waals surface area contributed by atoms with Crippen LogP contribution in [0.15, 0.2) is 140 Å². The molecule has 6 aromatic carbocycles. The quantitative estimate of drug-likeness (QED) is 0.181. The van der Waals surface area contributed by atoms with Crippen LogP contribution in [0.2, 0.25) is 0 Å². The summed E-state index contributed by atoms with van der Waals surface area (Å²) >= 11 is 0. The van der Waals surface area contributed by atoms with Crippen molar-refractivity contribution in [2.24, 2.45) is 0 Å². The largest absolute Gasteiger partial charge is 0.507 e. The van der Waals surface area contributed by atoms with E-state index >= 15 is 0 Å². The molecule has 0 atom stereocenters. The number of hydrogen-bond acceptors (Lipinski definition) is 3. The normalized spacial score (nSPS) is 18.0. The molecule has 4 nitrogen and oxygen atoms in total. The number of phenolic OH excluding ortho intramolecular Hbond substituents is 1. The van der Waals surface area contributed by atoms with Gasteiger partial charge in [-0.1, -0.05) is 188 Å². The average Bonchev–Trinajstić information content (AvgIpc) is 0.922. The van der Waals surface area contributed by atoms with Crippen LogP contribution in [0.25, 0.3) is 72.7 Å². The molecule has 1 N–H and O–H groups in total. The molecule has 0 aliphatic carbocycles. The molecule has 0 spiro atoms. The summed E-state index contributed by atoms with van der Waals surface area (Å²) in [6, 6.07) is 39.6. The standard InChI is InChI=1S/C62H69N3O/c1-58(2,3)45-27-24-40(25-28-45)42-30-31-63-52(36-42)44-32-43(33-46(34-44)59(4,5)6)48-22-19-23-54-55(48)64-57(49-37-47(60(7,8)9)38-51(56(49)66)62(13,14)15)65(54)53-29-26-41(35-50(53)61(10,11)12)39-20-17-16-18-21-39/h16-38,66H,1-15H3/i7D3,8D3,9D3,13D3,14D3,15D3. The van der Waals surface area contributed by atoms with Crippen molar-refractivity contribution in [2.75, 3.05) is 0 Å². The Morgan fingerprint density at radius 2 is 1.08 bits per heavy atom.